The highest BCUT2D eigenvalue weighted by Gasteiger charge is 1.99. The molecule has 0 aliphatic heterocycles. The smallest absolute Gasteiger partial charge is 0.168 e. The number of pyridine rings is 1. The van der Waals surface area contributed by atoms with Crippen LogP contribution in [-0.2, 0) is 13.5 Å². The minimum absolute atomic E-state index is 1.19. The Balaban J connectivity index is 1.77. The summed E-state index contributed by atoms with van der Waals surface area (Å²) in [4.78, 5) is 0. The molecule has 16 heavy (non-hydrogen) atoms. The monoisotopic (exact) mass is 214 g/mol. The van der Waals surface area contributed by atoms with Crippen LogP contribution in [0.5, 0.6) is 0 Å². The number of hydrogen-bond donors (Lipinski definition) is 0. The van der Waals surface area contributed by atoms with Gasteiger partial charge in [-0.05, 0) is 37.7 Å². The molecule has 0 bridgehead atoms. The van der Waals surface area contributed by atoms with E-state index < -0.39 is 0 Å². The van der Waals surface area contributed by atoms with Crippen molar-refractivity contribution < 1.29 is 4.57 Å². The summed E-state index contributed by atoms with van der Waals surface area (Å²) in [6.45, 7) is 0. The van der Waals surface area contributed by atoms with Crippen molar-refractivity contribution in [3.8, 4) is 0 Å². The molecule has 2 rings (SSSR count). The second-order valence-corrected chi connectivity index (χ2v) is 4.48. The molecule has 1 aromatic heterocycles. The van der Waals surface area contributed by atoms with Gasteiger partial charge in [0.15, 0.2) is 12.4 Å². The molecule has 0 radical (unpaired) electrons. The van der Waals surface area contributed by atoms with Crippen LogP contribution in [0.3, 0.4) is 0 Å². The molecule has 0 unspecified atom stereocenters. The van der Waals surface area contributed by atoms with E-state index in [4.69, 9.17) is 0 Å². The Hall–Kier alpha value is -1.37. The van der Waals surface area contributed by atoms with Crippen LogP contribution in [0.1, 0.15) is 31.2 Å². The van der Waals surface area contributed by atoms with Gasteiger partial charge >= 0.3 is 0 Å². The van der Waals surface area contributed by atoms with Crippen molar-refractivity contribution in [1.82, 2.24) is 0 Å². The van der Waals surface area contributed by atoms with Gasteiger partial charge in [-0.15, -0.1) is 0 Å². The fourth-order valence-corrected chi connectivity index (χ4v) is 2.05. The first-order chi connectivity index (χ1) is 7.84. The maximum Gasteiger partial charge on any atom is 0.168 e. The van der Waals surface area contributed by atoms with Gasteiger partial charge in [0.1, 0.15) is 7.05 Å². The second-order valence-electron chi connectivity index (χ2n) is 4.48. The minimum atomic E-state index is 1.19. The van der Waals surface area contributed by atoms with Crippen LogP contribution < -0.4 is 4.57 Å². The Kier molecular flexibility index (Phi) is 3.92. The second kappa shape index (κ2) is 5.64. The Morgan fingerprint density at radius 3 is 2.62 bits per heavy atom. The summed E-state index contributed by atoms with van der Waals surface area (Å²) in [5.41, 5.74) is 2.96. The van der Waals surface area contributed by atoms with Crippen molar-refractivity contribution in [2.24, 2.45) is 7.05 Å². The van der Waals surface area contributed by atoms with E-state index in [0.29, 0.717) is 0 Å². The SMILES string of the molecule is C[n+]1ccc(CCCC2=CCCC=C2)cc1. The van der Waals surface area contributed by atoms with Crippen molar-refractivity contribution in [1.29, 1.82) is 0 Å². The minimum Gasteiger partial charge on any atom is -0.208 e. The van der Waals surface area contributed by atoms with Gasteiger partial charge in [0, 0.05) is 12.1 Å². The molecule has 1 aliphatic rings. The summed E-state index contributed by atoms with van der Waals surface area (Å²) in [6, 6.07) is 4.43. The fourth-order valence-electron chi connectivity index (χ4n) is 2.05. The van der Waals surface area contributed by atoms with Crippen LogP contribution in [0.25, 0.3) is 0 Å². The van der Waals surface area contributed by atoms with E-state index in [-0.39, 0.29) is 0 Å². The predicted molar refractivity (Wildman–Crippen MR) is 67.0 cm³/mol. The topological polar surface area (TPSA) is 3.88 Å². The number of nitrogens with zero attached hydrogens (tertiary/aromatic N) is 1. The van der Waals surface area contributed by atoms with E-state index in [1.54, 1.807) is 0 Å². The number of aromatic nitrogens is 1. The average Bonchev–Trinajstić information content (AvgIpc) is 2.33. The highest BCUT2D eigenvalue weighted by Crippen LogP contribution is 2.16. The van der Waals surface area contributed by atoms with Gasteiger partial charge in [0.05, 0.1) is 0 Å². The van der Waals surface area contributed by atoms with Gasteiger partial charge in [-0.3, -0.25) is 0 Å². The predicted octanol–water partition coefficient (Wildman–Crippen LogP) is 3.11. The number of rotatable bonds is 4. The van der Waals surface area contributed by atoms with Crippen LogP contribution in [0.4, 0.5) is 0 Å². The van der Waals surface area contributed by atoms with E-state index >= 15 is 0 Å². The lowest BCUT2D eigenvalue weighted by atomic mass is 10.0. The molecule has 0 saturated heterocycles. The van der Waals surface area contributed by atoms with Gasteiger partial charge < -0.3 is 0 Å². The fraction of sp³-hybridized carbons (Fsp3) is 0.400. The van der Waals surface area contributed by atoms with Crippen molar-refractivity contribution >= 4 is 0 Å². The number of allylic oxidation sites excluding steroid dienone is 4. The molecule has 0 aromatic carbocycles. The lowest BCUT2D eigenvalue weighted by molar-refractivity contribution is -0.671. The Labute approximate surface area is 98.1 Å². The third-order valence-electron chi connectivity index (χ3n) is 3.05. The first-order valence-electron chi connectivity index (χ1n) is 6.14. The number of hydrogen-bond acceptors (Lipinski definition) is 0. The first-order valence-corrected chi connectivity index (χ1v) is 6.14. The number of aryl methyl sites for hydroxylation is 2. The molecule has 1 heterocycles. The lowest BCUT2D eigenvalue weighted by Gasteiger charge is -2.06. The van der Waals surface area contributed by atoms with E-state index in [2.05, 4.69) is 54.4 Å². The summed E-state index contributed by atoms with van der Waals surface area (Å²) in [7, 11) is 2.06. The molecular formula is C15H20N+. The molecule has 0 saturated carbocycles. The van der Waals surface area contributed by atoms with Crippen LogP contribution in [-0.4, -0.2) is 0 Å². The molecule has 0 spiro atoms. The van der Waals surface area contributed by atoms with Crippen LogP contribution in [0, 0.1) is 0 Å². The molecule has 84 valence electrons. The molecule has 0 fully saturated rings. The van der Waals surface area contributed by atoms with Crippen molar-refractivity contribution in [2.75, 3.05) is 0 Å². The van der Waals surface area contributed by atoms with Gasteiger partial charge in [-0.1, -0.05) is 23.8 Å². The maximum absolute atomic E-state index is 2.38. The van der Waals surface area contributed by atoms with E-state index in [0.717, 1.165) is 0 Å². The molecule has 1 aromatic rings. The largest absolute Gasteiger partial charge is 0.208 e. The van der Waals surface area contributed by atoms with Gasteiger partial charge in [-0.2, -0.15) is 0 Å². The normalized spacial score (nSPS) is 14.9. The zero-order chi connectivity index (χ0) is 11.2. The van der Waals surface area contributed by atoms with Gasteiger partial charge in [-0.25, -0.2) is 4.57 Å². The summed E-state index contributed by atoms with van der Waals surface area (Å²) < 4.78 is 2.08. The Morgan fingerprint density at radius 2 is 1.94 bits per heavy atom. The average molecular weight is 214 g/mol. The first kappa shape index (κ1) is 11.1. The van der Waals surface area contributed by atoms with Crippen LogP contribution in [0.15, 0.2) is 48.3 Å². The Bertz CT molecular complexity index is 384. The molecule has 0 N–H and O–H groups in total. The standard InChI is InChI=1S/C15H20N/c1-16-12-10-15(11-13-16)9-5-8-14-6-3-2-4-7-14/h3,6-7,10-13H,2,4-5,8-9H2,1H3/q+1. The molecule has 1 aliphatic carbocycles. The zero-order valence-corrected chi connectivity index (χ0v) is 10.0. The van der Waals surface area contributed by atoms with Crippen molar-refractivity contribution in [3.05, 3.63) is 53.9 Å². The summed E-state index contributed by atoms with van der Waals surface area (Å²) >= 11 is 0. The van der Waals surface area contributed by atoms with E-state index in [1.807, 2.05) is 0 Å². The molecule has 0 amide bonds. The van der Waals surface area contributed by atoms with Crippen molar-refractivity contribution in [3.63, 3.8) is 0 Å². The molecule has 0 atom stereocenters. The molecular weight excluding hydrogens is 194 g/mol. The van der Waals surface area contributed by atoms with Gasteiger partial charge in [0.25, 0.3) is 0 Å². The highest BCUT2D eigenvalue weighted by molar-refractivity contribution is 5.22. The quantitative estimate of drug-likeness (QED) is 0.678. The molecule has 1 heteroatoms. The summed E-state index contributed by atoms with van der Waals surface area (Å²) in [5, 5.41) is 0. The van der Waals surface area contributed by atoms with E-state index in [9.17, 15) is 0 Å². The molecule has 1 nitrogen and oxygen atoms in total. The van der Waals surface area contributed by atoms with E-state index in [1.165, 1.54) is 43.2 Å². The summed E-state index contributed by atoms with van der Waals surface area (Å²) in [5.74, 6) is 0. The van der Waals surface area contributed by atoms with Crippen molar-refractivity contribution in [2.45, 2.75) is 32.1 Å². The maximum atomic E-state index is 2.38. The van der Waals surface area contributed by atoms with Crippen LogP contribution >= 0.6 is 0 Å². The van der Waals surface area contributed by atoms with Crippen LogP contribution in [0.2, 0.25) is 0 Å². The Morgan fingerprint density at radius 1 is 1.12 bits per heavy atom. The van der Waals surface area contributed by atoms with Gasteiger partial charge in [0.2, 0.25) is 0 Å². The third kappa shape index (κ3) is 3.34. The third-order valence-corrected chi connectivity index (χ3v) is 3.05. The lowest BCUT2D eigenvalue weighted by Crippen LogP contribution is -2.25. The summed E-state index contributed by atoms with van der Waals surface area (Å²) in [6.07, 6.45) is 17.3. The highest BCUT2D eigenvalue weighted by atomic mass is 14.9. The zero-order valence-electron chi connectivity index (χ0n) is 10.0.